The van der Waals surface area contributed by atoms with Crippen LogP contribution >= 0.6 is 11.6 Å². The van der Waals surface area contributed by atoms with Crippen molar-refractivity contribution in [1.82, 2.24) is 0 Å². The summed E-state index contributed by atoms with van der Waals surface area (Å²) in [5, 5.41) is 3.17. The molecule has 0 fully saturated rings. The lowest BCUT2D eigenvalue weighted by atomic mass is 10.2. The highest BCUT2D eigenvalue weighted by atomic mass is 35.5. The topological polar surface area (TPSA) is 64.6 Å². The molecule has 2 rings (SSSR count). The highest BCUT2D eigenvalue weighted by Gasteiger charge is 2.18. The fourth-order valence-corrected chi connectivity index (χ4v) is 2.11. The molecule has 1 amide bonds. The van der Waals surface area contributed by atoms with Gasteiger partial charge < -0.3 is 14.8 Å². The molecule has 0 heterocycles. The predicted molar refractivity (Wildman–Crippen MR) is 88.6 cm³/mol. The van der Waals surface area contributed by atoms with E-state index in [9.17, 15) is 9.59 Å². The number of rotatable bonds is 6. The van der Waals surface area contributed by atoms with Crippen LogP contribution in [0.5, 0.6) is 11.5 Å². The summed E-state index contributed by atoms with van der Waals surface area (Å²) in [5.74, 6) is 0.456. The smallest absolute Gasteiger partial charge is 0.265 e. The molecule has 23 heavy (non-hydrogen) atoms. The second-order valence-electron chi connectivity index (χ2n) is 4.75. The summed E-state index contributed by atoms with van der Waals surface area (Å²) < 4.78 is 10.7. The number of amides is 1. The summed E-state index contributed by atoms with van der Waals surface area (Å²) in [4.78, 5) is 23.3. The highest BCUT2D eigenvalue weighted by molar-refractivity contribution is 6.31. The summed E-state index contributed by atoms with van der Waals surface area (Å²) in [6.45, 7) is 1.59. The number of anilines is 1. The van der Waals surface area contributed by atoms with E-state index in [1.54, 1.807) is 49.4 Å². The molecule has 0 aliphatic carbocycles. The summed E-state index contributed by atoms with van der Waals surface area (Å²) in [6, 6.07) is 11.6. The maximum Gasteiger partial charge on any atom is 0.265 e. The molecule has 2 aromatic rings. The van der Waals surface area contributed by atoms with Crippen molar-refractivity contribution in [1.29, 1.82) is 0 Å². The second kappa shape index (κ2) is 7.65. The molecule has 120 valence electrons. The Morgan fingerprint density at radius 1 is 1.22 bits per heavy atom. The van der Waals surface area contributed by atoms with E-state index in [2.05, 4.69) is 5.32 Å². The van der Waals surface area contributed by atoms with Crippen LogP contribution < -0.4 is 14.8 Å². The Bertz CT molecular complexity index is 717. The maximum absolute atomic E-state index is 12.3. The molecule has 6 heteroatoms. The molecule has 5 nitrogen and oxygen atoms in total. The molecule has 1 atom stereocenters. The zero-order valence-electron chi connectivity index (χ0n) is 12.7. The normalized spacial score (nSPS) is 11.4. The van der Waals surface area contributed by atoms with Crippen molar-refractivity contribution in [2.24, 2.45) is 0 Å². The van der Waals surface area contributed by atoms with Crippen LogP contribution in [0.4, 0.5) is 5.69 Å². The highest BCUT2D eigenvalue weighted by Crippen LogP contribution is 2.28. The molecule has 0 aliphatic rings. The van der Waals surface area contributed by atoms with Crippen LogP contribution in [0.2, 0.25) is 5.02 Å². The fraction of sp³-hybridized carbons (Fsp3) is 0.176. The zero-order chi connectivity index (χ0) is 16.8. The van der Waals surface area contributed by atoms with Gasteiger partial charge in [-0.2, -0.15) is 0 Å². The van der Waals surface area contributed by atoms with Gasteiger partial charge in [0.05, 0.1) is 18.4 Å². The average Bonchev–Trinajstić information content (AvgIpc) is 2.55. The molecule has 0 spiro atoms. The summed E-state index contributed by atoms with van der Waals surface area (Å²) >= 11 is 5.93. The van der Waals surface area contributed by atoms with Gasteiger partial charge in [-0.05, 0) is 37.3 Å². The number of nitrogens with one attached hydrogen (secondary N) is 1. The SMILES string of the molecule is COc1ccc(Cl)cc1NC(=O)[C@H](C)Oc1ccccc1C=O. The van der Waals surface area contributed by atoms with E-state index >= 15 is 0 Å². The Morgan fingerprint density at radius 2 is 1.96 bits per heavy atom. The minimum atomic E-state index is -0.806. The Labute approximate surface area is 139 Å². The minimum absolute atomic E-state index is 0.350. The second-order valence-corrected chi connectivity index (χ2v) is 5.19. The molecule has 0 bridgehead atoms. The molecule has 0 aliphatic heterocycles. The van der Waals surface area contributed by atoms with E-state index in [-0.39, 0.29) is 5.91 Å². The third-order valence-corrected chi connectivity index (χ3v) is 3.37. The van der Waals surface area contributed by atoms with E-state index in [0.717, 1.165) is 0 Å². The standard InChI is InChI=1S/C17H16ClNO4/c1-11(23-15-6-4-3-5-12(15)10-20)17(21)19-14-9-13(18)7-8-16(14)22-2/h3-11H,1-2H3,(H,19,21)/t11-/m0/s1. The van der Waals surface area contributed by atoms with Crippen molar-refractivity contribution in [3.63, 3.8) is 0 Å². The fourth-order valence-electron chi connectivity index (χ4n) is 1.94. The van der Waals surface area contributed by atoms with Gasteiger partial charge in [0.15, 0.2) is 12.4 Å². The van der Waals surface area contributed by atoms with Gasteiger partial charge in [-0.25, -0.2) is 0 Å². The number of para-hydroxylation sites is 1. The third kappa shape index (κ3) is 4.23. The Kier molecular flexibility index (Phi) is 5.60. The van der Waals surface area contributed by atoms with Crippen molar-refractivity contribution < 1.29 is 19.1 Å². The molecular formula is C17H16ClNO4. The molecule has 2 aromatic carbocycles. The molecular weight excluding hydrogens is 318 g/mol. The lowest BCUT2D eigenvalue weighted by Crippen LogP contribution is -2.30. The zero-order valence-corrected chi connectivity index (χ0v) is 13.5. The van der Waals surface area contributed by atoms with Gasteiger partial charge >= 0.3 is 0 Å². The van der Waals surface area contributed by atoms with Gasteiger partial charge in [0, 0.05) is 5.02 Å². The first-order valence-corrected chi connectivity index (χ1v) is 7.28. The molecule has 0 aromatic heterocycles. The van der Waals surface area contributed by atoms with Crippen LogP contribution in [0.25, 0.3) is 0 Å². The molecule has 1 N–H and O–H groups in total. The summed E-state index contributed by atoms with van der Waals surface area (Å²) in [7, 11) is 1.50. The van der Waals surface area contributed by atoms with Crippen LogP contribution in [0.15, 0.2) is 42.5 Å². The number of carbonyl (C=O) groups is 2. The monoisotopic (exact) mass is 333 g/mol. The van der Waals surface area contributed by atoms with Crippen LogP contribution in [0.1, 0.15) is 17.3 Å². The first kappa shape index (κ1) is 16.8. The number of halogens is 1. The van der Waals surface area contributed by atoms with Gasteiger partial charge in [0.25, 0.3) is 5.91 Å². The predicted octanol–water partition coefficient (Wildman–Crippen LogP) is 3.57. The molecule has 0 saturated carbocycles. The van der Waals surface area contributed by atoms with Crippen LogP contribution in [-0.4, -0.2) is 25.4 Å². The van der Waals surface area contributed by atoms with Gasteiger partial charge in [-0.1, -0.05) is 23.7 Å². The first-order chi connectivity index (χ1) is 11.0. The Hall–Kier alpha value is -2.53. The third-order valence-electron chi connectivity index (χ3n) is 3.14. The number of hydrogen-bond acceptors (Lipinski definition) is 4. The van der Waals surface area contributed by atoms with Gasteiger partial charge in [-0.3, -0.25) is 9.59 Å². The lowest BCUT2D eigenvalue weighted by molar-refractivity contribution is -0.122. The number of hydrogen-bond donors (Lipinski definition) is 1. The Balaban J connectivity index is 2.11. The van der Waals surface area contributed by atoms with Crippen LogP contribution in [-0.2, 0) is 4.79 Å². The van der Waals surface area contributed by atoms with E-state index in [4.69, 9.17) is 21.1 Å². The number of aldehydes is 1. The number of ether oxygens (including phenoxy) is 2. The van der Waals surface area contributed by atoms with Crippen LogP contribution in [0.3, 0.4) is 0 Å². The van der Waals surface area contributed by atoms with E-state index < -0.39 is 6.10 Å². The Morgan fingerprint density at radius 3 is 2.65 bits per heavy atom. The van der Waals surface area contributed by atoms with Crippen molar-refractivity contribution in [3.8, 4) is 11.5 Å². The summed E-state index contributed by atoms with van der Waals surface area (Å²) in [5.41, 5.74) is 0.830. The molecule has 0 unspecified atom stereocenters. The summed E-state index contributed by atoms with van der Waals surface area (Å²) in [6.07, 6.45) is -0.125. The quantitative estimate of drug-likeness (QED) is 0.821. The van der Waals surface area contributed by atoms with E-state index in [1.807, 2.05) is 0 Å². The van der Waals surface area contributed by atoms with Gasteiger partial charge in [0.1, 0.15) is 11.5 Å². The van der Waals surface area contributed by atoms with Crippen molar-refractivity contribution in [3.05, 3.63) is 53.1 Å². The van der Waals surface area contributed by atoms with Gasteiger partial charge in [0.2, 0.25) is 0 Å². The van der Waals surface area contributed by atoms with Gasteiger partial charge in [-0.15, -0.1) is 0 Å². The first-order valence-electron chi connectivity index (χ1n) is 6.90. The van der Waals surface area contributed by atoms with E-state index in [0.29, 0.717) is 34.1 Å². The number of methoxy groups -OCH3 is 1. The largest absolute Gasteiger partial charge is 0.495 e. The van der Waals surface area contributed by atoms with Crippen LogP contribution in [0, 0.1) is 0 Å². The van der Waals surface area contributed by atoms with Crippen molar-refractivity contribution >= 4 is 29.5 Å². The van der Waals surface area contributed by atoms with E-state index in [1.165, 1.54) is 7.11 Å². The molecule has 0 radical (unpaired) electrons. The average molecular weight is 334 g/mol. The lowest BCUT2D eigenvalue weighted by Gasteiger charge is -2.17. The van der Waals surface area contributed by atoms with Crippen molar-refractivity contribution in [2.75, 3.05) is 12.4 Å². The molecule has 0 saturated heterocycles. The minimum Gasteiger partial charge on any atom is -0.495 e. The van der Waals surface area contributed by atoms with Crippen molar-refractivity contribution in [2.45, 2.75) is 13.0 Å². The number of benzene rings is 2. The maximum atomic E-state index is 12.3. The number of carbonyl (C=O) groups excluding carboxylic acids is 2.